The summed E-state index contributed by atoms with van der Waals surface area (Å²) in [5.41, 5.74) is 5.65. The first-order valence-corrected chi connectivity index (χ1v) is 6.49. The molecule has 1 aliphatic heterocycles. The fourth-order valence-electron chi connectivity index (χ4n) is 2.13. The summed E-state index contributed by atoms with van der Waals surface area (Å²) in [5, 5.41) is 0. The predicted octanol–water partition coefficient (Wildman–Crippen LogP) is -1.47. The number of nitrogens with two attached hydrogens (primary N) is 1. The molecule has 0 aromatic carbocycles. The van der Waals surface area contributed by atoms with Crippen LogP contribution < -0.4 is 5.73 Å². The number of ether oxygens (including phenoxy) is 4. The van der Waals surface area contributed by atoms with Crippen molar-refractivity contribution >= 4 is 17.3 Å². The van der Waals surface area contributed by atoms with Crippen LogP contribution in [0.1, 0.15) is 0 Å². The number of methoxy groups -OCH3 is 2. The van der Waals surface area contributed by atoms with E-state index >= 15 is 0 Å². The summed E-state index contributed by atoms with van der Waals surface area (Å²) in [7, 11) is 7.48. The first-order valence-electron chi connectivity index (χ1n) is 6.02. The summed E-state index contributed by atoms with van der Waals surface area (Å²) in [4.78, 5) is 0. The minimum atomic E-state index is -0.184. The lowest BCUT2D eigenvalue weighted by molar-refractivity contribution is -0.0752. The SMILES string of the molecule is B[C@@H]1O[C@H](COC)C(OP)[C@@H]1OC(CN)COC. The van der Waals surface area contributed by atoms with Crippen molar-refractivity contribution in [2.24, 2.45) is 5.73 Å². The molecule has 1 aliphatic rings. The molecule has 0 amide bonds. The predicted molar refractivity (Wildman–Crippen MR) is 73.3 cm³/mol. The van der Waals surface area contributed by atoms with Gasteiger partial charge in [-0.1, -0.05) is 0 Å². The minimum Gasteiger partial charge on any atom is -0.382 e. The van der Waals surface area contributed by atoms with Crippen LogP contribution in [0.3, 0.4) is 0 Å². The van der Waals surface area contributed by atoms with Crippen molar-refractivity contribution in [2.75, 3.05) is 34.0 Å². The maximum atomic E-state index is 5.92. The lowest BCUT2D eigenvalue weighted by Crippen LogP contribution is -2.43. The van der Waals surface area contributed by atoms with Gasteiger partial charge in [0.05, 0.1) is 25.3 Å². The van der Waals surface area contributed by atoms with E-state index in [9.17, 15) is 0 Å². The highest BCUT2D eigenvalue weighted by atomic mass is 31.0. The maximum absolute atomic E-state index is 5.92. The Morgan fingerprint density at radius 1 is 1.33 bits per heavy atom. The van der Waals surface area contributed by atoms with Crippen molar-refractivity contribution in [3.8, 4) is 0 Å². The van der Waals surface area contributed by atoms with E-state index in [1.807, 2.05) is 7.85 Å². The van der Waals surface area contributed by atoms with Crippen LogP contribution in [0.4, 0.5) is 0 Å². The molecule has 6 atom stereocenters. The second-order valence-corrected chi connectivity index (χ2v) is 4.62. The second kappa shape index (κ2) is 8.43. The summed E-state index contributed by atoms with van der Waals surface area (Å²) >= 11 is 0. The minimum absolute atomic E-state index is 0.0680. The first kappa shape index (κ1) is 16.3. The molecule has 0 saturated carbocycles. The molecule has 3 unspecified atom stereocenters. The molecule has 6 nitrogen and oxygen atoms in total. The number of hydrogen-bond donors (Lipinski definition) is 1. The van der Waals surface area contributed by atoms with E-state index in [1.54, 1.807) is 14.2 Å². The average molecular weight is 279 g/mol. The zero-order chi connectivity index (χ0) is 13.5. The molecule has 0 aromatic heterocycles. The van der Waals surface area contributed by atoms with Crippen LogP contribution in [0, 0.1) is 0 Å². The van der Waals surface area contributed by atoms with Gasteiger partial charge in [-0.05, 0) is 0 Å². The second-order valence-electron chi connectivity index (χ2n) is 4.35. The molecule has 1 fully saturated rings. The van der Waals surface area contributed by atoms with Gasteiger partial charge < -0.3 is 29.2 Å². The zero-order valence-corrected chi connectivity index (χ0v) is 12.4. The van der Waals surface area contributed by atoms with Crippen molar-refractivity contribution in [2.45, 2.75) is 30.4 Å². The molecular weight excluding hydrogens is 256 g/mol. The molecule has 106 valence electrons. The molecule has 1 saturated heterocycles. The quantitative estimate of drug-likeness (QED) is 0.432. The van der Waals surface area contributed by atoms with Gasteiger partial charge in [0, 0.05) is 30.2 Å². The third-order valence-corrected chi connectivity index (χ3v) is 3.31. The van der Waals surface area contributed by atoms with E-state index in [1.165, 1.54) is 0 Å². The van der Waals surface area contributed by atoms with Crippen molar-refractivity contribution in [3.05, 3.63) is 0 Å². The normalized spacial score (nSPS) is 33.8. The Kier molecular flexibility index (Phi) is 7.64. The molecule has 1 rings (SSSR count). The molecule has 2 N–H and O–H groups in total. The van der Waals surface area contributed by atoms with Crippen LogP contribution >= 0.6 is 9.47 Å². The van der Waals surface area contributed by atoms with Crippen molar-refractivity contribution in [1.82, 2.24) is 0 Å². The lowest BCUT2D eigenvalue weighted by atomic mass is 9.92. The molecule has 8 heteroatoms. The highest BCUT2D eigenvalue weighted by molar-refractivity contribution is 7.09. The van der Waals surface area contributed by atoms with Crippen LogP contribution in [0.25, 0.3) is 0 Å². The summed E-state index contributed by atoms with van der Waals surface area (Å²) in [6.45, 7) is 1.33. The Morgan fingerprint density at radius 3 is 2.56 bits per heavy atom. The smallest absolute Gasteiger partial charge is 0.142 e. The largest absolute Gasteiger partial charge is 0.382 e. The van der Waals surface area contributed by atoms with Gasteiger partial charge in [-0.3, -0.25) is 0 Å². The molecule has 0 aliphatic carbocycles. The van der Waals surface area contributed by atoms with E-state index < -0.39 is 0 Å². The Balaban J connectivity index is 2.61. The molecule has 1 heterocycles. The fraction of sp³-hybridized carbons (Fsp3) is 1.00. The standard InChI is InChI=1S/C10H23BNO5P/c1-13-4-6(3-12)15-9-8(17-18)7(5-14-2)16-10(9)11/h6-10H,3-5,11-12,18H2,1-2H3/t6?,7-,8?,9+,10-/m1/s1. The maximum Gasteiger partial charge on any atom is 0.142 e. The van der Waals surface area contributed by atoms with Gasteiger partial charge in [0.2, 0.25) is 0 Å². The van der Waals surface area contributed by atoms with Crippen LogP contribution in [0.15, 0.2) is 0 Å². The topological polar surface area (TPSA) is 72.2 Å². The van der Waals surface area contributed by atoms with Crippen LogP contribution in [0.5, 0.6) is 0 Å². The van der Waals surface area contributed by atoms with E-state index in [0.29, 0.717) is 19.8 Å². The highest BCUT2D eigenvalue weighted by Crippen LogP contribution is 2.27. The molecule has 0 spiro atoms. The van der Waals surface area contributed by atoms with Crippen molar-refractivity contribution in [1.29, 1.82) is 0 Å². The average Bonchev–Trinajstić information content (AvgIpc) is 2.65. The summed E-state index contributed by atoms with van der Waals surface area (Å²) in [6.07, 6.45) is -0.648. The molecule has 18 heavy (non-hydrogen) atoms. The summed E-state index contributed by atoms with van der Waals surface area (Å²) < 4.78 is 27.3. The van der Waals surface area contributed by atoms with Gasteiger partial charge in [-0.15, -0.1) is 0 Å². The lowest BCUT2D eigenvalue weighted by Gasteiger charge is -2.26. The summed E-state index contributed by atoms with van der Waals surface area (Å²) in [6, 6.07) is -0.0680. The van der Waals surface area contributed by atoms with Crippen molar-refractivity contribution in [3.63, 3.8) is 0 Å². The van der Waals surface area contributed by atoms with Crippen molar-refractivity contribution < 1.29 is 23.5 Å². The third-order valence-electron chi connectivity index (χ3n) is 3.00. The first-order chi connectivity index (χ1) is 8.67. The van der Waals surface area contributed by atoms with E-state index in [-0.39, 0.29) is 30.4 Å². The van der Waals surface area contributed by atoms with E-state index in [4.69, 9.17) is 29.2 Å². The van der Waals surface area contributed by atoms with E-state index in [0.717, 1.165) is 0 Å². The van der Waals surface area contributed by atoms with Gasteiger partial charge in [0.25, 0.3) is 0 Å². The Morgan fingerprint density at radius 2 is 2.06 bits per heavy atom. The zero-order valence-electron chi connectivity index (χ0n) is 11.2. The Bertz CT molecular complexity index is 238. The number of hydrogen-bond acceptors (Lipinski definition) is 6. The van der Waals surface area contributed by atoms with Gasteiger partial charge in [-0.25, -0.2) is 0 Å². The van der Waals surface area contributed by atoms with Gasteiger partial charge in [0.15, 0.2) is 0 Å². The highest BCUT2D eigenvalue weighted by Gasteiger charge is 2.44. The summed E-state index contributed by atoms with van der Waals surface area (Å²) in [5.74, 6) is 0. The Labute approximate surface area is 111 Å². The fourth-order valence-corrected chi connectivity index (χ4v) is 2.46. The third kappa shape index (κ3) is 4.13. The molecule has 0 radical (unpaired) electrons. The van der Waals surface area contributed by atoms with E-state index in [2.05, 4.69) is 9.47 Å². The van der Waals surface area contributed by atoms with Crippen LogP contribution in [-0.4, -0.2) is 72.2 Å². The monoisotopic (exact) mass is 279 g/mol. The van der Waals surface area contributed by atoms with Crippen LogP contribution in [0.2, 0.25) is 0 Å². The van der Waals surface area contributed by atoms with Crippen LogP contribution in [-0.2, 0) is 23.5 Å². The molecule has 0 bridgehead atoms. The van der Waals surface area contributed by atoms with Gasteiger partial charge in [0.1, 0.15) is 26.2 Å². The molecule has 0 aromatic rings. The van der Waals surface area contributed by atoms with Gasteiger partial charge in [-0.2, -0.15) is 0 Å². The van der Waals surface area contributed by atoms with Gasteiger partial charge >= 0.3 is 0 Å². The Hall–Kier alpha value is 0.255. The number of rotatable bonds is 8. The molecular formula is C10H23BNO5P.